The van der Waals surface area contributed by atoms with E-state index in [1.165, 1.54) is 315 Å². The monoisotopic (exact) mass is 1560 g/mol. The van der Waals surface area contributed by atoms with Crippen molar-refractivity contribution in [1.82, 2.24) is 0 Å². The maximum Gasteiger partial charge on any atom is 0.472 e. The molecule has 0 bridgehead atoms. The van der Waals surface area contributed by atoms with Crippen molar-refractivity contribution in [2.24, 2.45) is 0 Å². The van der Waals surface area contributed by atoms with Gasteiger partial charge in [-0.05, 0) is 25.7 Å². The Morgan fingerprint density at radius 1 is 0.224 bits per heavy atom. The van der Waals surface area contributed by atoms with Crippen molar-refractivity contribution in [3.63, 3.8) is 0 Å². The summed E-state index contributed by atoms with van der Waals surface area (Å²) in [6.45, 7) is 5.08. The number of ether oxygens (including phenoxy) is 4. The molecule has 0 aliphatic rings. The second kappa shape index (κ2) is 82.1. The molecule has 0 amide bonds. The lowest BCUT2D eigenvalue weighted by Crippen LogP contribution is -2.30. The first kappa shape index (κ1) is 105. The molecule has 19 heteroatoms. The number of carbonyl (C=O) groups excluding carboxylic acids is 4. The molecule has 636 valence electrons. The maximum atomic E-state index is 13.2. The summed E-state index contributed by atoms with van der Waals surface area (Å²) in [5, 5.41) is 10.7. The molecule has 2 unspecified atom stereocenters. The van der Waals surface area contributed by atoms with Crippen LogP contribution in [0.1, 0.15) is 484 Å². The number of aliphatic hydroxyl groups excluding tert-OH is 1. The van der Waals surface area contributed by atoms with Gasteiger partial charge in [-0.15, -0.1) is 0 Å². The van der Waals surface area contributed by atoms with E-state index >= 15 is 0 Å². The van der Waals surface area contributed by atoms with Crippen LogP contribution in [0.2, 0.25) is 0 Å². The number of rotatable bonds is 89. The highest BCUT2D eigenvalue weighted by atomic mass is 31.2. The minimum atomic E-state index is -4.97. The van der Waals surface area contributed by atoms with Gasteiger partial charge in [0, 0.05) is 25.7 Å². The van der Waals surface area contributed by atoms with Crippen LogP contribution in [0.3, 0.4) is 0 Å². The Morgan fingerprint density at radius 3 is 0.551 bits per heavy atom. The van der Waals surface area contributed by atoms with E-state index in [1.54, 1.807) is 0 Å². The summed E-state index contributed by atoms with van der Waals surface area (Å²) in [6.07, 6.45) is 77.7. The van der Waals surface area contributed by atoms with Crippen LogP contribution in [-0.2, 0) is 65.4 Å². The standard InChI is InChI=1S/C88H172O17P2/c1-5-9-13-17-21-25-29-33-36-39-41-43-45-48-51-55-59-63-67-71-75-88(93)105-84(79-99-86(91)73-69-65-61-57-53-49-47-44-42-40-37-34-30-26-22-18-14-10-6-2)81-103-107(96,97)101-77-82(89)76-100-106(94,95)102-80-83(78-98-85(90)72-68-64-60-56-52-32-28-24-20-16-12-8-4)104-87(92)74-70-66-62-58-54-50-46-38-35-31-27-23-19-15-11-7-3/h82-84,89H,5-81H2,1-4H3,(H,94,95)(H,96,97)/t82-,83+,84+/m0/s1. The summed E-state index contributed by atoms with van der Waals surface area (Å²) in [4.78, 5) is 73.3. The molecule has 0 radical (unpaired) electrons. The topological polar surface area (TPSA) is 237 Å². The Balaban J connectivity index is 5.24. The van der Waals surface area contributed by atoms with E-state index in [0.717, 1.165) is 89.9 Å². The highest BCUT2D eigenvalue weighted by molar-refractivity contribution is 7.47. The molecule has 0 fully saturated rings. The number of carbonyl (C=O) groups is 4. The molecule has 17 nitrogen and oxygen atoms in total. The van der Waals surface area contributed by atoms with Crippen LogP contribution in [0, 0.1) is 0 Å². The number of hydrogen-bond acceptors (Lipinski definition) is 15. The molecular weight excluding hydrogens is 1390 g/mol. The molecule has 3 N–H and O–H groups in total. The molecular formula is C88H172O17P2. The SMILES string of the molecule is CCCCCCCCCCCCCCCCCCCCCCC(=O)O[C@H](COC(=O)CCCCCCCCCCCCCCCCCCCCC)COP(=O)(O)OC[C@@H](O)COP(=O)(O)OC[C@@H](COC(=O)CCCCCCCCCCCCCC)OC(=O)CCCCCCCCCCCCCCCCCC. The average Bonchev–Trinajstić information content (AvgIpc) is 0.901. The second-order valence-corrected chi connectivity index (χ2v) is 34.5. The Kier molecular flexibility index (Phi) is 80.6. The smallest absolute Gasteiger partial charge is 0.462 e. The van der Waals surface area contributed by atoms with Crippen molar-refractivity contribution in [3.8, 4) is 0 Å². The third kappa shape index (κ3) is 81.9. The zero-order valence-electron chi connectivity index (χ0n) is 70.1. The van der Waals surface area contributed by atoms with Gasteiger partial charge in [0.25, 0.3) is 0 Å². The lowest BCUT2D eigenvalue weighted by molar-refractivity contribution is -0.161. The normalized spacial score (nSPS) is 13.7. The van der Waals surface area contributed by atoms with E-state index in [9.17, 15) is 43.2 Å². The Bertz CT molecular complexity index is 2020. The van der Waals surface area contributed by atoms with Gasteiger partial charge >= 0.3 is 39.5 Å². The molecule has 0 saturated carbocycles. The van der Waals surface area contributed by atoms with Crippen LogP contribution in [0.4, 0.5) is 0 Å². The Labute approximate surface area is 658 Å². The summed E-state index contributed by atoms with van der Waals surface area (Å²) in [6, 6.07) is 0. The van der Waals surface area contributed by atoms with Crippen LogP contribution < -0.4 is 0 Å². The zero-order valence-corrected chi connectivity index (χ0v) is 71.9. The predicted octanol–water partition coefficient (Wildman–Crippen LogP) is 27.3. The van der Waals surface area contributed by atoms with Gasteiger partial charge in [0.2, 0.25) is 0 Å². The second-order valence-electron chi connectivity index (χ2n) is 31.6. The van der Waals surface area contributed by atoms with Crippen molar-refractivity contribution in [2.75, 3.05) is 39.6 Å². The number of phosphoric acid groups is 2. The van der Waals surface area contributed by atoms with E-state index < -0.39 is 97.5 Å². The zero-order chi connectivity index (χ0) is 78.1. The fourth-order valence-corrected chi connectivity index (χ4v) is 15.5. The van der Waals surface area contributed by atoms with Gasteiger partial charge in [-0.1, -0.05) is 432 Å². The molecule has 0 rings (SSSR count). The molecule has 107 heavy (non-hydrogen) atoms. The number of aliphatic hydroxyl groups is 1. The van der Waals surface area contributed by atoms with Gasteiger partial charge in [-0.25, -0.2) is 9.13 Å². The molecule has 0 heterocycles. The molecule has 0 spiro atoms. The highest BCUT2D eigenvalue weighted by Gasteiger charge is 2.30. The van der Waals surface area contributed by atoms with Gasteiger partial charge in [-0.2, -0.15) is 0 Å². The molecule has 0 aromatic rings. The summed E-state index contributed by atoms with van der Waals surface area (Å²) in [5.41, 5.74) is 0. The van der Waals surface area contributed by atoms with Gasteiger partial charge in [0.15, 0.2) is 12.2 Å². The van der Waals surface area contributed by atoms with Crippen LogP contribution in [0.5, 0.6) is 0 Å². The molecule has 0 saturated heterocycles. The quantitative estimate of drug-likeness (QED) is 0.0222. The summed E-state index contributed by atoms with van der Waals surface area (Å²) >= 11 is 0. The van der Waals surface area contributed by atoms with Gasteiger partial charge in [-0.3, -0.25) is 37.3 Å². The minimum absolute atomic E-state index is 0.109. The van der Waals surface area contributed by atoms with E-state index in [2.05, 4.69) is 27.7 Å². The van der Waals surface area contributed by atoms with Crippen LogP contribution in [0.15, 0.2) is 0 Å². The van der Waals surface area contributed by atoms with Crippen molar-refractivity contribution in [1.29, 1.82) is 0 Å². The van der Waals surface area contributed by atoms with Crippen LogP contribution in [-0.4, -0.2) is 96.7 Å². The molecule has 5 atom stereocenters. The first-order valence-corrected chi connectivity index (χ1v) is 48.8. The fraction of sp³-hybridized carbons (Fsp3) is 0.955. The van der Waals surface area contributed by atoms with Crippen LogP contribution in [0.25, 0.3) is 0 Å². The third-order valence-electron chi connectivity index (χ3n) is 20.9. The van der Waals surface area contributed by atoms with Crippen LogP contribution >= 0.6 is 15.6 Å². The molecule has 0 aromatic heterocycles. The third-order valence-corrected chi connectivity index (χ3v) is 22.8. The Morgan fingerprint density at radius 2 is 0.374 bits per heavy atom. The average molecular weight is 1560 g/mol. The number of hydrogen-bond donors (Lipinski definition) is 3. The predicted molar refractivity (Wildman–Crippen MR) is 442 cm³/mol. The lowest BCUT2D eigenvalue weighted by Gasteiger charge is -2.21. The maximum absolute atomic E-state index is 13.2. The van der Waals surface area contributed by atoms with Crippen molar-refractivity contribution >= 4 is 39.5 Å². The fourth-order valence-electron chi connectivity index (χ4n) is 13.9. The van der Waals surface area contributed by atoms with E-state index in [0.29, 0.717) is 25.7 Å². The summed E-state index contributed by atoms with van der Waals surface area (Å²) < 4.78 is 69.0. The van der Waals surface area contributed by atoms with Crippen molar-refractivity contribution in [2.45, 2.75) is 502 Å². The largest absolute Gasteiger partial charge is 0.472 e. The van der Waals surface area contributed by atoms with E-state index in [-0.39, 0.29) is 25.7 Å². The molecule has 0 aliphatic heterocycles. The first-order chi connectivity index (χ1) is 52.2. The molecule has 0 aliphatic carbocycles. The van der Waals surface area contributed by atoms with E-state index in [4.69, 9.17) is 37.0 Å². The first-order valence-electron chi connectivity index (χ1n) is 45.8. The number of esters is 4. The summed E-state index contributed by atoms with van der Waals surface area (Å²) in [7, 11) is -9.93. The number of phosphoric ester groups is 2. The van der Waals surface area contributed by atoms with Gasteiger partial charge < -0.3 is 33.8 Å². The van der Waals surface area contributed by atoms with E-state index in [1.807, 2.05) is 0 Å². The summed E-state index contributed by atoms with van der Waals surface area (Å²) in [5.74, 6) is -2.09. The van der Waals surface area contributed by atoms with Crippen molar-refractivity contribution in [3.05, 3.63) is 0 Å². The highest BCUT2D eigenvalue weighted by Crippen LogP contribution is 2.45. The lowest BCUT2D eigenvalue weighted by atomic mass is 10.0. The number of unbranched alkanes of at least 4 members (excludes halogenated alkanes) is 63. The van der Waals surface area contributed by atoms with Gasteiger partial charge in [0.1, 0.15) is 19.3 Å². The van der Waals surface area contributed by atoms with Crippen molar-refractivity contribution < 1.29 is 80.2 Å². The molecule has 0 aromatic carbocycles. The van der Waals surface area contributed by atoms with Gasteiger partial charge in [0.05, 0.1) is 26.4 Å². The minimum Gasteiger partial charge on any atom is -0.462 e. The Hall–Kier alpha value is -1.94.